The molecule has 0 radical (unpaired) electrons. The van der Waals surface area contributed by atoms with E-state index in [-0.39, 0.29) is 31.3 Å². The Hall–Kier alpha value is -3.74. The topological polar surface area (TPSA) is 95.9 Å². The number of aliphatic hydroxyl groups is 2. The van der Waals surface area contributed by atoms with Crippen LogP contribution >= 0.6 is 0 Å². The van der Waals surface area contributed by atoms with Gasteiger partial charge in [0.25, 0.3) is 0 Å². The lowest BCUT2D eigenvalue weighted by atomic mass is 10.0. The quantitative estimate of drug-likeness (QED) is 0.0245. The highest BCUT2D eigenvalue weighted by molar-refractivity contribution is 5.77. The van der Waals surface area contributed by atoms with E-state index >= 15 is 0 Å². The fourth-order valence-electron chi connectivity index (χ4n) is 7.57. The fraction of sp³-hybridized carbons (Fsp3) is 0.639. The van der Waals surface area contributed by atoms with Gasteiger partial charge in [0, 0.05) is 6.42 Å². The molecule has 380 valence electrons. The lowest BCUT2D eigenvalue weighted by molar-refractivity contribution is -0.150. The summed E-state index contributed by atoms with van der Waals surface area (Å²) in [4.78, 5) is 26.2. The minimum Gasteiger partial charge on any atom is -0.462 e. The molecule has 0 aliphatic rings. The first kappa shape index (κ1) is 63.3. The Labute approximate surface area is 412 Å². The molecular weight excluding hydrogens is 827 g/mol. The van der Waals surface area contributed by atoms with Gasteiger partial charge in [0.2, 0.25) is 5.91 Å². The van der Waals surface area contributed by atoms with Gasteiger partial charge in [-0.2, -0.15) is 0 Å². The highest BCUT2D eigenvalue weighted by Gasteiger charge is 2.24. The van der Waals surface area contributed by atoms with Crippen molar-refractivity contribution in [3.05, 3.63) is 122 Å². The maximum Gasteiger partial charge on any atom is 0.306 e. The van der Waals surface area contributed by atoms with Gasteiger partial charge in [0.1, 0.15) is 6.10 Å². The monoisotopic (exact) mass is 928 g/mol. The zero-order valence-electron chi connectivity index (χ0n) is 43.2. The average Bonchev–Trinajstić information content (AvgIpc) is 3.32. The molecule has 0 aromatic heterocycles. The number of hydrogen-bond acceptors (Lipinski definition) is 5. The molecule has 0 rings (SSSR count). The van der Waals surface area contributed by atoms with Crippen molar-refractivity contribution < 1.29 is 24.5 Å². The summed E-state index contributed by atoms with van der Waals surface area (Å²) in [5.74, 6) is -0.624. The van der Waals surface area contributed by atoms with Crippen LogP contribution in [0.25, 0.3) is 0 Å². The minimum absolute atomic E-state index is 0.0120. The van der Waals surface area contributed by atoms with Gasteiger partial charge in [-0.1, -0.05) is 258 Å². The summed E-state index contributed by atoms with van der Waals surface area (Å²) < 4.78 is 5.88. The molecule has 3 atom stereocenters. The second kappa shape index (κ2) is 53.2. The van der Waals surface area contributed by atoms with Crippen molar-refractivity contribution in [3.63, 3.8) is 0 Å². The Morgan fingerprint density at radius 2 is 0.896 bits per heavy atom. The number of amides is 1. The van der Waals surface area contributed by atoms with Crippen LogP contribution < -0.4 is 5.32 Å². The maximum absolute atomic E-state index is 13.2. The van der Waals surface area contributed by atoms with Crippen molar-refractivity contribution in [1.29, 1.82) is 0 Å². The molecule has 0 aliphatic heterocycles. The zero-order chi connectivity index (χ0) is 48.8. The Bertz CT molecular complexity index is 1410. The number of carbonyl (C=O) groups is 2. The average molecular weight is 928 g/mol. The molecule has 1 amide bonds. The van der Waals surface area contributed by atoms with Crippen LogP contribution in [0.1, 0.15) is 226 Å². The van der Waals surface area contributed by atoms with Gasteiger partial charge < -0.3 is 20.3 Å². The van der Waals surface area contributed by atoms with E-state index in [1.807, 2.05) is 42.5 Å². The largest absolute Gasteiger partial charge is 0.462 e. The van der Waals surface area contributed by atoms with Crippen LogP contribution in [-0.2, 0) is 14.3 Å². The van der Waals surface area contributed by atoms with Crippen LogP contribution in [0.4, 0.5) is 0 Å². The molecule has 6 nitrogen and oxygen atoms in total. The van der Waals surface area contributed by atoms with Gasteiger partial charge in [-0.25, -0.2) is 0 Å². The van der Waals surface area contributed by atoms with Crippen LogP contribution in [0.2, 0.25) is 0 Å². The fourth-order valence-corrected chi connectivity index (χ4v) is 7.57. The van der Waals surface area contributed by atoms with Crippen LogP contribution in [0.15, 0.2) is 122 Å². The van der Waals surface area contributed by atoms with E-state index in [4.69, 9.17) is 4.74 Å². The van der Waals surface area contributed by atoms with Crippen molar-refractivity contribution in [2.45, 2.75) is 244 Å². The third-order valence-electron chi connectivity index (χ3n) is 11.6. The molecule has 0 saturated carbocycles. The van der Waals surface area contributed by atoms with Gasteiger partial charge in [0.05, 0.1) is 25.2 Å². The number of carbonyl (C=O) groups excluding carboxylic acids is 2. The summed E-state index contributed by atoms with van der Waals surface area (Å²) in [6, 6.07) is -0.740. The zero-order valence-corrected chi connectivity index (χ0v) is 43.2. The van der Waals surface area contributed by atoms with Crippen LogP contribution in [-0.4, -0.2) is 46.9 Å². The van der Waals surface area contributed by atoms with Crippen LogP contribution in [0.3, 0.4) is 0 Å². The number of nitrogens with one attached hydrogen (secondary N) is 1. The highest BCUT2D eigenvalue weighted by Crippen LogP contribution is 2.17. The molecule has 0 bridgehead atoms. The highest BCUT2D eigenvalue weighted by atomic mass is 16.5. The minimum atomic E-state index is -0.821. The molecule has 3 unspecified atom stereocenters. The summed E-state index contributed by atoms with van der Waals surface area (Å²) in [5, 5.41) is 23.8. The second-order valence-corrected chi connectivity index (χ2v) is 18.0. The van der Waals surface area contributed by atoms with Gasteiger partial charge in [0.15, 0.2) is 0 Å². The molecular formula is C61H101NO5. The number of unbranched alkanes of at least 4 members (excludes halogenated alkanes) is 19. The summed E-state index contributed by atoms with van der Waals surface area (Å²) in [6.45, 7) is 6.25. The summed E-state index contributed by atoms with van der Waals surface area (Å²) in [7, 11) is 0. The Kier molecular flexibility index (Phi) is 50.2. The molecule has 0 fully saturated rings. The van der Waals surface area contributed by atoms with E-state index < -0.39 is 18.2 Å². The number of rotatable bonds is 47. The summed E-state index contributed by atoms with van der Waals surface area (Å²) >= 11 is 0. The first-order valence-corrected chi connectivity index (χ1v) is 27.3. The molecule has 0 spiro atoms. The van der Waals surface area contributed by atoms with E-state index in [2.05, 4.69) is 105 Å². The third kappa shape index (κ3) is 48.5. The maximum atomic E-state index is 13.2. The van der Waals surface area contributed by atoms with Crippen molar-refractivity contribution in [3.8, 4) is 0 Å². The molecule has 0 aliphatic carbocycles. The van der Waals surface area contributed by atoms with Gasteiger partial charge in [-0.3, -0.25) is 9.59 Å². The molecule has 0 aromatic rings. The predicted molar refractivity (Wildman–Crippen MR) is 291 cm³/mol. The van der Waals surface area contributed by atoms with E-state index in [0.29, 0.717) is 19.3 Å². The van der Waals surface area contributed by atoms with Crippen molar-refractivity contribution in [2.75, 3.05) is 6.61 Å². The second-order valence-electron chi connectivity index (χ2n) is 18.0. The van der Waals surface area contributed by atoms with E-state index in [1.54, 1.807) is 0 Å². The van der Waals surface area contributed by atoms with Gasteiger partial charge in [-0.05, 0) is 77.0 Å². The van der Waals surface area contributed by atoms with Gasteiger partial charge >= 0.3 is 5.97 Å². The molecule has 6 heteroatoms. The van der Waals surface area contributed by atoms with Gasteiger partial charge in [-0.15, -0.1) is 0 Å². The number of aliphatic hydroxyl groups excluding tert-OH is 2. The summed E-state index contributed by atoms with van der Waals surface area (Å²) in [5.41, 5.74) is 0. The predicted octanol–water partition coefficient (Wildman–Crippen LogP) is 16.8. The Balaban J connectivity index is 4.78. The molecule has 3 N–H and O–H groups in total. The van der Waals surface area contributed by atoms with E-state index in [9.17, 15) is 19.8 Å². The lowest BCUT2D eigenvalue weighted by Crippen LogP contribution is -2.46. The molecule has 0 aromatic carbocycles. The van der Waals surface area contributed by atoms with Crippen molar-refractivity contribution in [2.24, 2.45) is 0 Å². The van der Waals surface area contributed by atoms with Crippen molar-refractivity contribution >= 4 is 11.9 Å². The molecule has 0 saturated heterocycles. The van der Waals surface area contributed by atoms with Crippen LogP contribution in [0, 0.1) is 0 Å². The first-order chi connectivity index (χ1) is 33.0. The number of allylic oxidation sites excluding steroid dienone is 20. The number of hydrogen-bond donors (Lipinski definition) is 3. The first-order valence-electron chi connectivity index (χ1n) is 27.3. The lowest BCUT2D eigenvalue weighted by Gasteiger charge is -2.24. The molecule has 0 heterocycles. The number of ether oxygens (including phenoxy) is 1. The van der Waals surface area contributed by atoms with E-state index in [1.165, 1.54) is 83.5 Å². The third-order valence-corrected chi connectivity index (χ3v) is 11.6. The smallest absolute Gasteiger partial charge is 0.306 e. The number of esters is 1. The SMILES string of the molecule is CC/C=C/C/C=C/C/C=C/C/C=C/C/C=C/CCC(=O)OC(CCCCC/C=C/C=C/C=C/C=C/C=C/CCC)CC(=O)NC(CO)C(O)CCCCCCCCCCCCCCCCCC. The van der Waals surface area contributed by atoms with Crippen molar-refractivity contribution in [1.82, 2.24) is 5.32 Å². The van der Waals surface area contributed by atoms with Crippen LogP contribution in [0.5, 0.6) is 0 Å². The Morgan fingerprint density at radius 1 is 0.463 bits per heavy atom. The Morgan fingerprint density at radius 3 is 1.39 bits per heavy atom. The molecule has 67 heavy (non-hydrogen) atoms. The summed E-state index contributed by atoms with van der Waals surface area (Å²) in [6.07, 6.45) is 74.0. The van der Waals surface area contributed by atoms with E-state index in [0.717, 1.165) is 89.9 Å². The standard InChI is InChI=1S/C61H101NO5/c1-4-7-10-13-16-19-22-25-28-31-34-37-40-43-46-49-52-57(67-61(66)54-51-48-45-42-39-36-33-30-27-24-21-18-15-12-9-6-3)55-60(65)62-58(56-63)59(64)53-50-47-44-41-38-35-32-29-26-23-20-17-14-11-8-5-2/h9-10,12-13,16,18-19,21-22,25,27-28,30-31,34,36-37,39,45,48,57-59,63-64H,4-8,11,14-15,17,20,23-24,26,29,32-33,35,38,40-44,46-47,49-56H2,1-3H3,(H,62,65)/b12-9+,13-10+,19-16+,21-18+,25-22+,30-27+,31-28+,37-34+,39-36+,48-45+. The normalized spacial score (nSPS) is 14.2.